The number of ether oxygens (including phenoxy) is 1. The molecule has 0 spiro atoms. The molecule has 144 valence electrons. The Bertz CT molecular complexity index is 912. The quantitative estimate of drug-likeness (QED) is 0.678. The lowest BCUT2D eigenvalue weighted by molar-refractivity contribution is -0.176. The molecule has 0 unspecified atom stereocenters. The smallest absolute Gasteiger partial charge is 0.367 e. The van der Waals surface area contributed by atoms with Crippen LogP contribution < -0.4 is 5.32 Å². The standard InChI is InChI=1S/C20H16F3N3O2/c21-20(22,23)13-28-12-14-6-8-16(9-7-14)19(27)26-17-10-24-18(25-11-17)15-4-2-1-3-5-15/h1-11H,12-13H2,(H,26,27). The zero-order chi connectivity index (χ0) is 20.0. The van der Waals surface area contributed by atoms with E-state index in [9.17, 15) is 18.0 Å². The molecule has 0 radical (unpaired) electrons. The van der Waals surface area contributed by atoms with E-state index < -0.39 is 12.8 Å². The predicted octanol–water partition coefficient (Wildman–Crippen LogP) is 4.47. The SMILES string of the molecule is O=C(Nc1cnc(-c2ccccc2)nc1)c1ccc(COCC(F)(F)F)cc1. The summed E-state index contributed by atoms with van der Waals surface area (Å²) in [5.41, 5.74) is 2.19. The largest absolute Gasteiger partial charge is 0.411 e. The van der Waals surface area contributed by atoms with Gasteiger partial charge in [0.15, 0.2) is 5.82 Å². The van der Waals surface area contributed by atoms with Crippen LogP contribution in [0.4, 0.5) is 18.9 Å². The molecule has 0 atom stereocenters. The molecule has 3 aromatic rings. The van der Waals surface area contributed by atoms with Crippen LogP contribution in [0.3, 0.4) is 0 Å². The third kappa shape index (κ3) is 5.62. The zero-order valence-electron chi connectivity index (χ0n) is 14.6. The first-order valence-corrected chi connectivity index (χ1v) is 8.33. The van der Waals surface area contributed by atoms with Crippen LogP contribution in [0.15, 0.2) is 67.0 Å². The van der Waals surface area contributed by atoms with Crippen molar-refractivity contribution in [2.45, 2.75) is 12.8 Å². The first-order chi connectivity index (χ1) is 13.4. The van der Waals surface area contributed by atoms with Gasteiger partial charge in [-0.2, -0.15) is 13.2 Å². The van der Waals surface area contributed by atoms with E-state index in [0.29, 0.717) is 22.6 Å². The predicted molar refractivity (Wildman–Crippen MR) is 97.6 cm³/mol. The van der Waals surface area contributed by atoms with E-state index >= 15 is 0 Å². The third-order valence-electron chi connectivity index (χ3n) is 3.69. The number of carbonyl (C=O) groups is 1. The van der Waals surface area contributed by atoms with Crippen molar-refractivity contribution in [3.63, 3.8) is 0 Å². The van der Waals surface area contributed by atoms with Crippen molar-refractivity contribution >= 4 is 11.6 Å². The number of aromatic nitrogens is 2. The lowest BCUT2D eigenvalue weighted by Crippen LogP contribution is -2.16. The normalized spacial score (nSPS) is 11.2. The molecule has 0 fully saturated rings. The number of benzene rings is 2. The number of amides is 1. The van der Waals surface area contributed by atoms with Gasteiger partial charge in [-0.3, -0.25) is 4.79 Å². The summed E-state index contributed by atoms with van der Waals surface area (Å²) < 4.78 is 40.8. The van der Waals surface area contributed by atoms with Crippen LogP contribution in [0.25, 0.3) is 11.4 Å². The van der Waals surface area contributed by atoms with Gasteiger partial charge in [0.1, 0.15) is 6.61 Å². The van der Waals surface area contributed by atoms with Crippen molar-refractivity contribution < 1.29 is 22.7 Å². The van der Waals surface area contributed by atoms with E-state index in [2.05, 4.69) is 20.0 Å². The highest BCUT2D eigenvalue weighted by molar-refractivity contribution is 6.04. The summed E-state index contributed by atoms with van der Waals surface area (Å²) in [4.78, 5) is 20.7. The van der Waals surface area contributed by atoms with Gasteiger partial charge in [0, 0.05) is 11.1 Å². The molecule has 1 amide bonds. The second-order valence-corrected chi connectivity index (χ2v) is 5.92. The Morgan fingerprint density at radius 1 is 0.964 bits per heavy atom. The van der Waals surface area contributed by atoms with Gasteiger partial charge in [-0.25, -0.2) is 9.97 Å². The van der Waals surface area contributed by atoms with E-state index in [1.165, 1.54) is 24.5 Å². The number of hydrogen-bond acceptors (Lipinski definition) is 4. The molecule has 0 bridgehead atoms. The molecule has 8 heteroatoms. The number of hydrogen-bond donors (Lipinski definition) is 1. The van der Waals surface area contributed by atoms with Crippen LogP contribution in [0.1, 0.15) is 15.9 Å². The van der Waals surface area contributed by atoms with Gasteiger partial charge < -0.3 is 10.1 Å². The van der Waals surface area contributed by atoms with Gasteiger partial charge in [0.05, 0.1) is 24.7 Å². The van der Waals surface area contributed by atoms with E-state index in [0.717, 1.165) is 5.56 Å². The van der Waals surface area contributed by atoms with E-state index in [4.69, 9.17) is 0 Å². The molecule has 3 rings (SSSR count). The second-order valence-electron chi connectivity index (χ2n) is 5.92. The number of nitrogens with one attached hydrogen (secondary N) is 1. The zero-order valence-corrected chi connectivity index (χ0v) is 14.6. The highest BCUT2D eigenvalue weighted by Crippen LogP contribution is 2.17. The average Bonchev–Trinajstić information content (AvgIpc) is 2.69. The molecule has 1 aromatic heterocycles. The van der Waals surface area contributed by atoms with Gasteiger partial charge in [-0.15, -0.1) is 0 Å². The molecule has 1 N–H and O–H groups in total. The lowest BCUT2D eigenvalue weighted by Gasteiger charge is -2.09. The average molecular weight is 387 g/mol. The van der Waals surface area contributed by atoms with Gasteiger partial charge in [0.2, 0.25) is 0 Å². The topological polar surface area (TPSA) is 64.1 Å². The number of rotatable bonds is 6. The Labute approximate surface area is 159 Å². The molecule has 0 aliphatic heterocycles. The lowest BCUT2D eigenvalue weighted by atomic mass is 10.1. The Morgan fingerprint density at radius 2 is 1.61 bits per heavy atom. The highest BCUT2D eigenvalue weighted by Gasteiger charge is 2.27. The highest BCUT2D eigenvalue weighted by atomic mass is 19.4. The van der Waals surface area contributed by atoms with Crippen molar-refractivity contribution in [3.8, 4) is 11.4 Å². The van der Waals surface area contributed by atoms with Crippen LogP contribution in [-0.2, 0) is 11.3 Å². The van der Waals surface area contributed by atoms with E-state index in [1.807, 2.05) is 30.3 Å². The van der Waals surface area contributed by atoms with Crippen LogP contribution in [-0.4, -0.2) is 28.7 Å². The minimum Gasteiger partial charge on any atom is -0.367 e. The molecule has 2 aromatic carbocycles. The molecule has 0 saturated carbocycles. The van der Waals surface area contributed by atoms with Gasteiger partial charge >= 0.3 is 6.18 Å². The molecule has 0 aliphatic carbocycles. The summed E-state index contributed by atoms with van der Waals surface area (Å²) in [6, 6.07) is 15.5. The fourth-order valence-corrected chi connectivity index (χ4v) is 2.37. The van der Waals surface area contributed by atoms with Crippen molar-refractivity contribution in [2.24, 2.45) is 0 Å². The van der Waals surface area contributed by atoms with Gasteiger partial charge in [0.25, 0.3) is 5.91 Å². The fourth-order valence-electron chi connectivity index (χ4n) is 2.37. The Kier molecular flexibility index (Phi) is 6.00. The van der Waals surface area contributed by atoms with Gasteiger partial charge in [-0.05, 0) is 17.7 Å². The van der Waals surface area contributed by atoms with Crippen LogP contribution >= 0.6 is 0 Å². The Hall–Kier alpha value is -3.26. The number of halogens is 3. The summed E-state index contributed by atoms with van der Waals surface area (Å²) in [5.74, 6) is 0.167. The van der Waals surface area contributed by atoms with E-state index in [1.54, 1.807) is 12.1 Å². The molecule has 0 aliphatic rings. The van der Waals surface area contributed by atoms with Crippen LogP contribution in [0.5, 0.6) is 0 Å². The van der Waals surface area contributed by atoms with Crippen molar-refractivity contribution in [1.82, 2.24) is 9.97 Å². The Morgan fingerprint density at radius 3 is 2.21 bits per heavy atom. The molecule has 1 heterocycles. The second kappa shape index (κ2) is 8.62. The maximum absolute atomic E-state index is 12.3. The number of anilines is 1. The monoisotopic (exact) mass is 387 g/mol. The maximum atomic E-state index is 12.3. The summed E-state index contributed by atoms with van der Waals surface area (Å²) in [6.45, 7) is -1.50. The molecule has 5 nitrogen and oxygen atoms in total. The van der Waals surface area contributed by atoms with Crippen LogP contribution in [0, 0.1) is 0 Å². The minimum atomic E-state index is -4.36. The summed E-state index contributed by atoms with van der Waals surface area (Å²) >= 11 is 0. The van der Waals surface area contributed by atoms with E-state index in [-0.39, 0.29) is 12.5 Å². The molecular formula is C20H16F3N3O2. The number of nitrogens with zero attached hydrogens (tertiary/aromatic N) is 2. The molecular weight excluding hydrogens is 371 g/mol. The number of carbonyl (C=O) groups excluding carboxylic acids is 1. The molecule has 0 saturated heterocycles. The summed E-state index contributed by atoms with van der Waals surface area (Å²) in [7, 11) is 0. The first-order valence-electron chi connectivity index (χ1n) is 8.33. The minimum absolute atomic E-state index is 0.184. The van der Waals surface area contributed by atoms with Crippen molar-refractivity contribution in [2.75, 3.05) is 11.9 Å². The first kappa shape index (κ1) is 19.5. The molecule has 28 heavy (non-hydrogen) atoms. The van der Waals surface area contributed by atoms with Crippen molar-refractivity contribution in [3.05, 3.63) is 78.1 Å². The number of alkyl halides is 3. The Balaban J connectivity index is 1.57. The summed E-state index contributed by atoms with van der Waals surface area (Å²) in [5, 5.41) is 2.68. The van der Waals surface area contributed by atoms with Crippen molar-refractivity contribution in [1.29, 1.82) is 0 Å². The van der Waals surface area contributed by atoms with Crippen LogP contribution in [0.2, 0.25) is 0 Å². The van der Waals surface area contributed by atoms with Gasteiger partial charge in [-0.1, -0.05) is 42.5 Å². The third-order valence-corrected chi connectivity index (χ3v) is 3.69. The maximum Gasteiger partial charge on any atom is 0.411 e. The summed E-state index contributed by atoms with van der Waals surface area (Å²) in [6.07, 6.45) is -1.35. The fraction of sp³-hybridized carbons (Fsp3) is 0.150.